The third-order valence-electron chi connectivity index (χ3n) is 3.07. The van der Waals surface area contributed by atoms with E-state index in [9.17, 15) is 4.79 Å². The van der Waals surface area contributed by atoms with Crippen molar-refractivity contribution in [1.29, 1.82) is 0 Å². The summed E-state index contributed by atoms with van der Waals surface area (Å²) in [6.45, 7) is 0.795. The minimum Gasteiger partial charge on any atom is -0.399 e. The molecule has 92 valence electrons. The van der Waals surface area contributed by atoms with Crippen molar-refractivity contribution in [3.05, 3.63) is 29.8 Å². The van der Waals surface area contributed by atoms with Crippen LogP contribution in [0.25, 0.3) is 0 Å². The summed E-state index contributed by atoms with van der Waals surface area (Å²) in [7, 11) is 0. The number of nitrogens with two attached hydrogens (primary N) is 1. The maximum absolute atomic E-state index is 11.8. The van der Waals surface area contributed by atoms with Crippen molar-refractivity contribution in [2.24, 2.45) is 5.92 Å². The van der Waals surface area contributed by atoms with Crippen molar-refractivity contribution in [3.8, 4) is 0 Å². The quantitative estimate of drug-likeness (QED) is 0.808. The third-order valence-corrected chi connectivity index (χ3v) is 4.11. The molecular weight excluding hydrogens is 232 g/mol. The van der Waals surface area contributed by atoms with E-state index in [1.54, 1.807) is 24.3 Å². The van der Waals surface area contributed by atoms with E-state index in [1.165, 1.54) is 24.3 Å². The highest BCUT2D eigenvalue weighted by molar-refractivity contribution is 7.99. The van der Waals surface area contributed by atoms with Crippen LogP contribution in [0.1, 0.15) is 23.2 Å². The smallest absolute Gasteiger partial charge is 0.251 e. The topological polar surface area (TPSA) is 55.1 Å². The van der Waals surface area contributed by atoms with Gasteiger partial charge in [0.05, 0.1) is 0 Å². The molecule has 0 aliphatic carbocycles. The van der Waals surface area contributed by atoms with Gasteiger partial charge in [0.1, 0.15) is 0 Å². The number of benzene rings is 1. The summed E-state index contributed by atoms with van der Waals surface area (Å²) in [5.74, 6) is 3.10. The first-order valence-electron chi connectivity index (χ1n) is 5.97. The lowest BCUT2D eigenvalue weighted by Gasteiger charge is -2.21. The van der Waals surface area contributed by atoms with Crippen LogP contribution in [-0.4, -0.2) is 24.0 Å². The van der Waals surface area contributed by atoms with Crippen LogP contribution in [0.4, 0.5) is 5.69 Å². The van der Waals surface area contributed by atoms with E-state index in [2.05, 4.69) is 5.32 Å². The van der Waals surface area contributed by atoms with Crippen LogP contribution in [0.5, 0.6) is 0 Å². The van der Waals surface area contributed by atoms with Gasteiger partial charge >= 0.3 is 0 Å². The molecule has 1 aliphatic rings. The van der Waals surface area contributed by atoms with E-state index < -0.39 is 0 Å². The first kappa shape index (κ1) is 12.3. The minimum atomic E-state index is 0.00299. The van der Waals surface area contributed by atoms with Crippen LogP contribution in [0.15, 0.2) is 24.3 Å². The maximum Gasteiger partial charge on any atom is 0.251 e. The van der Waals surface area contributed by atoms with Crippen LogP contribution >= 0.6 is 11.8 Å². The molecule has 1 aromatic carbocycles. The van der Waals surface area contributed by atoms with Crippen molar-refractivity contribution in [2.45, 2.75) is 12.8 Å². The van der Waals surface area contributed by atoms with Gasteiger partial charge in [0.15, 0.2) is 0 Å². The molecule has 0 bridgehead atoms. The number of amides is 1. The number of nitrogens with one attached hydrogen (secondary N) is 1. The zero-order chi connectivity index (χ0) is 12.1. The summed E-state index contributed by atoms with van der Waals surface area (Å²) < 4.78 is 0. The highest BCUT2D eigenvalue weighted by Crippen LogP contribution is 2.21. The van der Waals surface area contributed by atoms with Crippen molar-refractivity contribution in [1.82, 2.24) is 5.32 Å². The zero-order valence-electron chi connectivity index (χ0n) is 9.82. The molecule has 0 aromatic heterocycles. The highest BCUT2D eigenvalue weighted by Gasteiger charge is 2.14. The molecule has 1 heterocycles. The van der Waals surface area contributed by atoms with Crippen LogP contribution in [0.3, 0.4) is 0 Å². The third kappa shape index (κ3) is 3.66. The number of hydrogen-bond donors (Lipinski definition) is 2. The van der Waals surface area contributed by atoms with Crippen LogP contribution in [-0.2, 0) is 0 Å². The number of carbonyl (C=O) groups is 1. The van der Waals surface area contributed by atoms with Crippen LogP contribution in [0, 0.1) is 5.92 Å². The Bertz CT molecular complexity index is 372. The van der Waals surface area contributed by atoms with Gasteiger partial charge in [-0.25, -0.2) is 0 Å². The lowest BCUT2D eigenvalue weighted by Crippen LogP contribution is -2.30. The monoisotopic (exact) mass is 250 g/mol. The van der Waals surface area contributed by atoms with Crippen molar-refractivity contribution in [2.75, 3.05) is 23.8 Å². The predicted octanol–water partition coefficient (Wildman–Crippen LogP) is 2.14. The van der Waals surface area contributed by atoms with Gasteiger partial charge in [-0.1, -0.05) is 0 Å². The number of rotatable bonds is 3. The van der Waals surface area contributed by atoms with Gasteiger partial charge < -0.3 is 11.1 Å². The fourth-order valence-corrected chi connectivity index (χ4v) is 3.13. The van der Waals surface area contributed by atoms with Gasteiger partial charge in [0, 0.05) is 17.8 Å². The molecule has 1 aromatic rings. The molecule has 1 aliphatic heterocycles. The van der Waals surface area contributed by atoms with E-state index >= 15 is 0 Å². The molecule has 0 saturated carbocycles. The molecule has 0 spiro atoms. The average molecular weight is 250 g/mol. The first-order valence-corrected chi connectivity index (χ1v) is 7.12. The lowest BCUT2D eigenvalue weighted by atomic mass is 10.0. The van der Waals surface area contributed by atoms with E-state index in [1.807, 2.05) is 11.8 Å². The summed E-state index contributed by atoms with van der Waals surface area (Å²) in [6, 6.07) is 7.04. The van der Waals surface area contributed by atoms with Gasteiger partial charge in [0.2, 0.25) is 0 Å². The summed E-state index contributed by atoms with van der Waals surface area (Å²) >= 11 is 2.00. The van der Waals surface area contributed by atoms with Gasteiger partial charge in [-0.15, -0.1) is 0 Å². The molecule has 1 amide bonds. The molecular formula is C13H18N2OS. The molecule has 0 radical (unpaired) electrons. The Balaban J connectivity index is 1.82. The van der Waals surface area contributed by atoms with Crippen molar-refractivity contribution >= 4 is 23.4 Å². The fourth-order valence-electron chi connectivity index (χ4n) is 1.92. The molecule has 0 atom stereocenters. The Morgan fingerprint density at radius 1 is 1.29 bits per heavy atom. The van der Waals surface area contributed by atoms with Gasteiger partial charge in [-0.2, -0.15) is 11.8 Å². The molecule has 0 unspecified atom stereocenters. The minimum absolute atomic E-state index is 0.00299. The van der Waals surface area contributed by atoms with E-state index in [0.29, 0.717) is 17.2 Å². The number of anilines is 1. The predicted molar refractivity (Wildman–Crippen MR) is 73.2 cm³/mol. The standard InChI is InChI=1S/C13H18N2OS/c14-12-3-1-11(2-4-12)13(16)15-9-10-5-7-17-8-6-10/h1-4,10H,5-9,14H2,(H,15,16). The Labute approximate surface area is 106 Å². The van der Waals surface area contributed by atoms with Gasteiger partial charge in [-0.3, -0.25) is 4.79 Å². The zero-order valence-corrected chi connectivity index (χ0v) is 10.6. The van der Waals surface area contributed by atoms with Crippen molar-refractivity contribution < 1.29 is 4.79 Å². The number of hydrogen-bond acceptors (Lipinski definition) is 3. The fraction of sp³-hybridized carbons (Fsp3) is 0.462. The Kier molecular flexibility index (Phi) is 4.31. The van der Waals surface area contributed by atoms with E-state index in [-0.39, 0.29) is 5.91 Å². The highest BCUT2D eigenvalue weighted by atomic mass is 32.2. The van der Waals surface area contributed by atoms with Gasteiger partial charge in [0.25, 0.3) is 5.91 Å². The maximum atomic E-state index is 11.8. The van der Waals surface area contributed by atoms with Crippen LogP contribution < -0.4 is 11.1 Å². The molecule has 17 heavy (non-hydrogen) atoms. The normalized spacial score (nSPS) is 16.7. The average Bonchev–Trinajstić information content (AvgIpc) is 2.38. The second kappa shape index (κ2) is 5.96. The molecule has 1 fully saturated rings. The molecule has 4 heteroatoms. The van der Waals surface area contributed by atoms with Gasteiger partial charge in [-0.05, 0) is 54.5 Å². The summed E-state index contributed by atoms with van der Waals surface area (Å²) in [4.78, 5) is 11.8. The SMILES string of the molecule is Nc1ccc(C(=O)NCC2CCSCC2)cc1. The summed E-state index contributed by atoms with van der Waals surface area (Å²) in [6.07, 6.45) is 2.43. The second-order valence-corrected chi connectivity index (χ2v) is 5.61. The molecule has 3 N–H and O–H groups in total. The Hall–Kier alpha value is -1.16. The Morgan fingerprint density at radius 3 is 2.59 bits per heavy atom. The second-order valence-electron chi connectivity index (χ2n) is 4.39. The summed E-state index contributed by atoms with van der Waals surface area (Å²) in [5.41, 5.74) is 6.95. The largest absolute Gasteiger partial charge is 0.399 e. The number of carbonyl (C=O) groups excluding carboxylic acids is 1. The van der Waals surface area contributed by atoms with Crippen LogP contribution in [0.2, 0.25) is 0 Å². The molecule has 2 rings (SSSR count). The first-order chi connectivity index (χ1) is 8.25. The Morgan fingerprint density at radius 2 is 1.94 bits per heavy atom. The van der Waals surface area contributed by atoms with E-state index in [0.717, 1.165) is 6.54 Å². The van der Waals surface area contributed by atoms with Crippen molar-refractivity contribution in [3.63, 3.8) is 0 Å². The number of thioether (sulfide) groups is 1. The molecule has 1 saturated heterocycles. The van der Waals surface area contributed by atoms with E-state index in [4.69, 9.17) is 5.73 Å². The lowest BCUT2D eigenvalue weighted by molar-refractivity contribution is 0.0946. The summed E-state index contributed by atoms with van der Waals surface area (Å²) in [5, 5.41) is 3.00. The number of nitrogen functional groups attached to an aromatic ring is 1. The molecule has 3 nitrogen and oxygen atoms in total.